The van der Waals surface area contributed by atoms with Gasteiger partial charge in [0.05, 0.1) is 0 Å². The van der Waals surface area contributed by atoms with Crippen LogP contribution in [0, 0.1) is 0 Å². The van der Waals surface area contributed by atoms with Gasteiger partial charge in [0, 0.05) is 20.3 Å². The second-order valence-corrected chi connectivity index (χ2v) is 8.95. The predicted octanol–water partition coefficient (Wildman–Crippen LogP) is -0.229. The maximum absolute atomic E-state index is 12.1. The number of nitrogens with one attached hydrogen (secondary N) is 2. The molecule has 1 saturated heterocycles. The molecule has 2 aromatic rings. The van der Waals surface area contributed by atoms with E-state index >= 15 is 0 Å². The quantitative estimate of drug-likeness (QED) is 0.484. The number of aromatic nitrogens is 4. The molecule has 0 spiro atoms. The van der Waals surface area contributed by atoms with E-state index in [9.17, 15) is 18.0 Å². The van der Waals surface area contributed by atoms with Crippen LogP contribution < -0.4 is 16.0 Å². The summed E-state index contributed by atoms with van der Waals surface area (Å²) in [5.74, 6) is -1.58. The number of H-pyrrole nitrogens is 1. The van der Waals surface area contributed by atoms with Crippen molar-refractivity contribution in [2.75, 3.05) is 12.3 Å². The number of rotatable bonds is 7. The van der Waals surface area contributed by atoms with Gasteiger partial charge in [0.1, 0.15) is 12.9 Å². The molecule has 14 nitrogen and oxygen atoms in total. The molecule has 0 saturated carbocycles. The van der Waals surface area contributed by atoms with Crippen LogP contribution in [0.3, 0.4) is 0 Å². The van der Waals surface area contributed by atoms with Crippen LogP contribution >= 0.6 is 0 Å². The molecule has 4 heterocycles. The maximum Gasteiger partial charge on any atom is 0.362 e. The minimum Gasteiger partial charge on any atom is -0.465 e. The van der Waals surface area contributed by atoms with E-state index in [2.05, 4.69) is 15.0 Å². The number of aromatic amines is 1. The molecule has 0 aromatic carbocycles. The summed E-state index contributed by atoms with van der Waals surface area (Å²) in [6.07, 6.45) is 0.103. The van der Waals surface area contributed by atoms with Crippen molar-refractivity contribution in [2.24, 2.45) is 0 Å². The van der Waals surface area contributed by atoms with E-state index in [-0.39, 0.29) is 35.1 Å². The van der Waals surface area contributed by atoms with E-state index in [1.54, 1.807) is 20.8 Å². The van der Waals surface area contributed by atoms with Crippen molar-refractivity contribution in [3.8, 4) is 0 Å². The monoisotopic (exact) mass is 470 g/mol. The number of carbonyl (C=O) groups is 1. The van der Waals surface area contributed by atoms with Gasteiger partial charge in [0.2, 0.25) is 23.9 Å². The summed E-state index contributed by atoms with van der Waals surface area (Å²) in [6.45, 7) is 4.52. The average Bonchev–Trinajstić information content (AvgIpc) is 3.30. The second kappa shape index (κ2) is 7.75. The third kappa shape index (κ3) is 4.13. The molecule has 0 aliphatic carbocycles. The lowest BCUT2D eigenvalue weighted by Gasteiger charge is -2.23. The van der Waals surface area contributed by atoms with Crippen LogP contribution in [0.25, 0.3) is 11.2 Å². The van der Waals surface area contributed by atoms with E-state index < -0.39 is 46.5 Å². The number of anilines is 1. The van der Waals surface area contributed by atoms with Gasteiger partial charge < -0.3 is 19.9 Å². The maximum atomic E-state index is 12.1. The Morgan fingerprint density at radius 2 is 2.19 bits per heavy atom. The SMILES string of the molecule is CCCC(=O)NS(=O)(=O)OCC1=C2OC(C)(C)OC2[C@H](n2cnc3c(=O)[nH]c(N)nc32)O1. The Balaban J connectivity index is 1.61. The van der Waals surface area contributed by atoms with Crippen LogP contribution in [0.15, 0.2) is 22.6 Å². The van der Waals surface area contributed by atoms with Gasteiger partial charge in [-0.2, -0.15) is 13.4 Å². The number of carbonyl (C=O) groups excluding carboxylic acids is 1. The van der Waals surface area contributed by atoms with Crippen LogP contribution in [-0.2, 0) is 33.5 Å². The Labute approximate surface area is 182 Å². The average molecular weight is 470 g/mol. The fraction of sp³-hybridized carbons (Fsp3) is 0.529. The van der Waals surface area contributed by atoms with Gasteiger partial charge in [0.25, 0.3) is 5.56 Å². The van der Waals surface area contributed by atoms with E-state index in [1.165, 1.54) is 10.9 Å². The van der Waals surface area contributed by atoms with Crippen molar-refractivity contribution in [1.29, 1.82) is 0 Å². The summed E-state index contributed by atoms with van der Waals surface area (Å²) < 4.78 is 49.8. The summed E-state index contributed by atoms with van der Waals surface area (Å²) in [7, 11) is -4.37. The van der Waals surface area contributed by atoms with Gasteiger partial charge in [-0.1, -0.05) is 6.92 Å². The van der Waals surface area contributed by atoms with E-state index in [1.807, 2.05) is 4.72 Å². The van der Waals surface area contributed by atoms with Gasteiger partial charge in [-0.05, 0) is 6.42 Å². The Kier molecular flexibility index (Phi) is 5.34. The molecule has 1 amide bonds. The summed E-state index contributed by atoms with van der Waals surface area (Å²) in [5, 5.41) is 0. The van der Waals surface area contributed by atoms with Gasteiger partial charge in [0.15, 0.2) is 28.8 Å². The van der Waals surface area contributed by atoms with Crippen molar-refractivity contribution < 1.29 is 31.6 Å². The molecule has 2 aromatic heterocycles. The lowest BCUT2D eigenvalue weighted by atomic mass is 10.2. The van der Waals surface area contributed by atoms with Crippen molar-refractivity contribution in [3.05, 3.63) is 28.2 Å². The Bertz CT molecular complexity index is 1260. The number of imidazole rings is 1. The molecule has 2 aliphatic rings. The third-order valence-electron chi connectivity index (χ3n) is 4.61. The number of fused-ring (bicyclic) bond motifs is 2. The molecule has 1 fully saturated rings. The van der Waals surface area contributed by atoms with Crippen LogP contribution in [0.2, 0.25) is 0 Å². The lowest BCUT2D eigenvalue weighted by molar-refractivity contribution is -0.165. The molecule has 15 heteroatoms. The number of ether oxygens (including phenoxy) is 3. The summed E-state index contributed by atoms with van der Waals surface area (Å²) in [5.41, 5.74) is 5.30. The van der Waals surface area contributed by atoms with E-state index in [4.69, 9.17) is 24.1 Å². The molecule has 2 atom stereocenters. The van der Waals surface area contributed by atoms with Gasteiger partial charge in [-0.25, -0.2) is 13.9 Å². The fourth-order valence-corrected chi connectivity index (χ4v) is 4.09. The standard InChI is InChI=1S/C17H22N6O8S/c1-4-5-9(24)22-32(26,27)28-6-8-11-12(31-17(2,3)30-11)15(29-8)23-7-19-10-13(23)20-16(18)21-14(10)25/h7,12,15H,4-6H2,1-3H3,(H,22,24)(H3,18,20,21,25)/t12?,15-/m1/s1. The fourth-order valence-electron chi connectivity index (χ4n) is 3.39. The number of nitrogen functional groups attached to an aromatic ring is 1. The second-order valence-electron chi connectivity index (χ2n) is 7.60. The largest absolute Gasteiger partial charge is 0.465 e. The first kappa shape index (κ1) is 22.0. The predicted molar refractivity (Wildman–Crippen MR) is 108 cm³/mol. The normalized spacial score (nSPS) is 22.0. The number of nitrogens with two attached hydrogens (primary N) is 1. The summed E-state index contributed by atoms with van der Waals surface area (Å²) in [4.78, 5) is 34.2. The minimum absolute atomic E-state index is 0.0330. The number of hydrogen-bond acceptors (Lipinski definition) is 11. The topological polar surface area (TPSA) is 190 Å². The summed E-state index contributed by atoms with van der Waals surface area (Å²) in [6, 6.07) is 0. The highest BCUT2D eigenvalue weighted by molar-refractivity contribution is 7.85. The summed E-state index contributed by atoms with van der Waals surface area (Å²) >= 11 is 0. The Morgan fingerprint density at radius 3 is 2.91 bits per heavy atom. The molecule has 0 bridgehead atoms. The molecule has 1 unspecified atom stereocenters. The third-order valence-corrected chi connectivity index (χ3v) is 5.51. The zero-order valence-electron chi connectivity index (χ0n) is 17.4. The molecule has 4 N–H and O–H groups in total. The first-order chi connectivity index (χ1) is 15.0. The molecule has 0 radical (unpaired) electrons. The van der Waals surface area contributed by atoms with Gasteiger partial charge in [-0.3, -0.25) is 19.1 Å². The van der Waals surface area contributed by atoms with Gasteiger partial charge in [-0.15, -0.1) is 0 Å². The minimum atomic E-state index is -4.37. The highest BCUT2D eigenvalue weighted by atomic mass is 32.2. The molecule has 2 aliphatic heterocycles. The molecular formula is C17H22N6O8S. The molecular weight excluding hydrogens is 448 g/mol. The zero-order chi connectivity index (χ0) is 23.3. The number of nitrogens with zero attached hydrogens (tertiary/aromatic N) is 3. The Morgan fingerprint density at radius 1 is 1.44 bits per heavy atom. The van der Waals surface area contributed by atoms with E-state index in [0.29, 0.717) is 6.42 Å². The van der Waals surface area contributed by atoms with Crippen LogP contribution in [0.4, 0.5) is 5.95 Å². The van der Waals surface area contributed by atoms with Crippen LogP contribution in [0.1, 0.15) is 39.8 Å². The highest BCUT2D eigenvalue weighted by Gasteiger charge is 2.51. The smallest absolute Gasteiger partial charge is 0.362 e. The first-order valence-corrected chi connectivity index (χ1v) is 11.1. The van der Waals surface area contributed by atoms with Crippen LogP contribution in [0.5, 0.6) is 0 Å². The zero-order valence-corrected chi connectivity index (χ0v) is 18.3. The lowest BCUT2D eigenvalue weighted by Crippen LogP contribution is -2.32. The highest BCUT2D eigenvalue weighted by Crippen LogP contribution is 2.45. The Hall–Kier alpha value is -3.17. The number of hydrogen-bond donors (Lipinski definition) is 3. The van der Waals surface area contributed by atoms with E-state index in [0.717, 1.165) is 0 Å². The van der Waals surface area contributed by atoms with Gasteiger partial charge >= 0.3 is 10.3 Å². The van der Waals surface area contributed by atoms with Crippen molar-refractivity contribution >= 4 is 33.3 Å². The van der Waals surface area contributed by atoms with Crippen molar-refractivity contribution in [2.45, 2.75) is 51.7 Å². The first-order valence-electron chi connectivity index (χ1n) is 9.68. The van der Waals surface area contributed by atoms with Crippen LogP contribution in [-0.4, -0.2) is 52.3 Å². The van der Waals surface area contributed by atoms with Crippen molar-refractivity contribution in [1.82, 2.24) is 24.2 Å². The number of amides is 1. The molecule has 174 valence electrons. The molecule has 32 heavy (non-hydrogen) atoms. The van der Waals surface area contributed by atoms with Crippen molar-refractivity contribution in [3.63, 3.8) is 0 Å². The molecule has 4 rings (SSSR count).